The summed E-state index contributed by atoms with van der Waals surface area (Å²) in [5.74, 6) is 1.34. The monoisotopic (exact) mass is 693 g/mol. The summed E-state index contributed by atoms with van der Waals surface area (Å²) in [7, 11) is 1.56. The minimum absolute atomic E-state index is 0. The zero-order valence-corrected chi connectivity index (χ0v) is 28.3. The number of pyridine rings is 2. The van der Waals surface area contributed by atoms with Crippen LogP contribution in [0.3, 0.4) is 0 Å². The Morgan fingerprint density at radius 2 is 1.86 bits per heavy atom. The Labute approximate surface area is 295 Å². The molecular formula is C37H40FN9O4. The van der Waals surface area contributed by atoms with Crippen LogP contribution in [0, 0.1) is 5.82 Å². The van der Waals surface area contributed by atoms with Crippen LogP contribution in [0.2, 0.25) is 0 Å². The first-order valence-corrected chi connectivity index (χ1v) is 17.3. The lowest BCUT2D eigenvalue weighted by atomic mass is 9.93. The molecule has 0 atom stereocenters. The molecule has 1 saturated carbocycles. The van der Waals surface area contributed by atoms with E-state index in [9.17, 15) is 9.59 Å². The van der Waals surface area contributed by atoms with Crippen molar-refractivity contribution in [1.29, 1.82) is 0 Å². The largest absolute Gasteiger partial charge is 0.494 e. The van der Waals surface area contributed by atoms with Gasteiger partial charge in [0.1, 0.15) is 11.4 Å². The molecule has 3 aliphatic rings. The van der Waals surface area contributed by atoms with Crippen LogP contribution in [-0.4, -0.2) is 104 Å². The predicted octanol–water partition coefficient (Wildman–Crippen LogP) is 4.82. The molecule has 4 aromatic heterocycles. The SMILES string of the molecule is COc1cnccc1-c1cc(C2=CCCN(C(=O)CCn3ccnn3)C2)c(F)c2[nH]c(C(=O)N3CCN(c4ncccc4OC4CC4)CC3)cc12.[HH]. The molecule has 264 valence electrons. The van der Waals surface area contributed by atoms with E-state index in [2.05, 4.69) is 30.2 Å². The number of amides is 2. The van der Waals surface area contributed by atoms with Crippen molar-refractivity contribution in [2.45, 2.75) is 38.3 Å². The van der Waals surface area contributed by atoms with E-state index in [1.807, 2.05) is 24.3 Å². The number of nitrogens with one attached hydrogen (secondary N) is 1. The molecule has 51 heavy (non-hydrogen) atoms. The van der Waals surface area contributed by atoms with Crippen LogP contribution < -0.4 is 14.4 Å². The van der Waals surface area contributed by atoms with Gasteiger partial charge in [-0.3, -0.25) is 19.3 Å². The van der Waals surface area contributed by atoms with Crippen molar-refractivity contribution < 1.29 is 24.9 Å². The lowest BCUT2D eigenvalue weighted by Crippen LogP contribution is -2.49. The second-order valence-corrected chi connectivity index (χ2v) is 13.0. The smallest absolute Gasteiger partial charge is 0.270 e. The summed E-state index contributed by atoms with van der Waals surface area (Å²) < 4.78 is 30.1. The van der Waals surface area contributed by atoms with Crippen LogP contribution in [0.5, 0.6) is 11.5 Å². The van der Waals surface area contributed by atoms with Crippen LogP contribution in [-0.2, 0) is 11.3 Å². The minimum atomic E-state index is -0.479. The number of anilines is 1. The highest BCUT2D eigenvalue weighted by Crippen LogP contribution is 2.40. The van der Waals surface area contributed by atoms with E-state index >= 15 is 4.39 Å². The summed E-state index contributed by atoms with van der Waals surface area (Å²) >= 11 is 0. The number of rotatable bonds is 10. The number of piperazine rings is 1. The number of halogens is 1. The molecule has 1 aliphatic carbocycles. The molecule has 0 radical (unpaired) electrons. The van der Waals surface area contributed by atoms with Crippen molar-refractivity contribution in [3.63, 3.8) is 0 Å². The number of nitrogens with zero attached hydrogens (tertiary/aromatic N) is 8. The van der Waals surface area contributed by atoms with Crippen molar-refractivity contribution in [2.75, 3.05) is 51.3 Å². The maximum absolute atomic E-state index is 16.7. The summed E-state index contributed by atoms with van der Waals surface area (Å²) in [4.78, 5) is 44.8. The number of aryl methyl sites for hydroxylation is 1. The molecule has 0 unspecified atom stereocenters. The average molecular weight is 694 g/mol. The summed E-state index contributed by atoms with van der Waals surface area (Å²) in [5.41, 5.74) is 2.97. The van der Waals surface area contributed by atoms with Gasteiger partial charge >= 0.3 is 0 Å². The zero-order valence-electron chi connectivity index (χ0n) is 28.3. The quantitative estimate of drug-likeness (QED) is 0.219. The van der Waals surface area contributed by atoms with Gasteiger partial charge in [-0.2, -0.15) is 0 Å². The molecule has 13 nitrogen and oxygen atoms in total. The van der Waals surface area contributed by atoms with Gasteiger partial charge in [-0.05, 0) is 60.7 Å². The first-order valence-electron chi connectivity index (χ1n) is 17.3. The van der Waals surface area contributed by atoms with Gasteiger partial charge in [-0.1, -0.05) is 11.3 Å². The van der Waals surface area contributed by atoms with Gasteiger partial charge < -0.3 is 29.2 Å². The average Bonchev–Trinajstić information content (AvgIpc) is 3.62. The maximum Gasteiger partial charge on any atom is 0.270 e. The fraction of sp³-hybridized carbons (Fsp3) is 0.351. The minimum Gasteiger partial charge on any atom is -0.494 e. The van der Waals surface area contributed by atoms with Crippen molar-refractivity contribution in [3.05, 3.63) is 84.5 Å². The molecule has 1 aromatic carbocycles. The lowest BCUT2D eigenvalue weighted by molar-refractivity contribution is -0.131. The van der Waals surface area contributed by atoms with E-state index < -0.39 is 5.82 Å². The van der Waals surface area contributed by atoms with Gasteiger partial charge in [-0.15, -0.1) is 5.10 Å². The Bertz CT molecular complexity index is 2110. The molecule has 1 saturated heterocycles. The van der Waals surface area contributed by atoms with Crippen molar-refractivity contribution >= 4 is 34.1 Å². The third kappa shape index (κ3) is 6.60. The predicted molar refractivity (Wildman–Crippen MR) is 190 cm³/mol. The van der Waals surface area contributed by atoms with E-state index in [4.69, 9.17) is 9.47 Å². The molecule has 2 amide bonds. The third-order valence-electron chi connectivity index (χ3n) is 9.69. The standard InChI is InChI=1S/C37H38FN9O4.H2/c1-50-32-22-39-11-8-26(32)28-20-27(24-4-3-13-46(23-24)33(48)9-14-47-15-12-41-43-47)34(38)35-29(28)21-30(42-35)37(49)45-18-16-44(17-19-45)36-31(5-2-10-40-36)51-25-6-7-25;/h2,4-5,8,10-12,15,20-22,25,42H,3,6-7,9,13-14,16-19,23H2,1H3;1H. The van der Waals surface area contributed by atoms with Crippen LogP contribution in [0.4, 0.5) is 10.2 Å². The molecule has 0 spiro atoms. The second-order valence-electron chi connectivity index (χ2n) is 13.0. The molecule has 5 aromatic rings. The fourth-order valence-corrected chi connectivity index (χ4v) is 6.84. The molecule has 8 rings (SSSR count). The van der Waals surface area contributed by atoms with Gasteiger partial charge in [0.2, 0.25) is 5.91 Å². The number of fused-ring (bicyclic) bond motifs is 1. The zero-order chi connectivity index (χ0) is 34.9. The Kier molecular flexibility index (Phi) is 8.80. The highest BCUT2D eigenvalue weighted by atomic mass is 19.1. The first-order chi connectivity index (χ1) is 25.0. The Morgan fingerprint density at radius 1 is 1.00 bits per heavy atom. The molecule has 0 bridgehead atoms. The molecular weight excluding hydrogens is 653 g/mol. The Hall–Kier alpha value is -5.79. The van der Waals surface area contributed by atoms with E-state index in [1.165, 1.54) is 0 Å². The van der Waals surface area contributed by atoms with Crippen LogP contribution >= 0.6 is 0 Å². The topological polar surface area (TPSA) is 135 Å². The highest BCUT2D eigenvalue weighted by Gasteiger charge is 2.30. The van der Waals surface area contributed by atoms with E-state index in [0.717, 1.165) is 24.4 Å². The summed E-state index contributed by atoms with van der Waals surface area (Å²) in [6.07, 6.45) is 13.5. The fourth-order valence-electron chi connectivity index (χ4n) is 6.84. The lowest BCUT2D eigenvalue weighted by Gasteiger charge is -2.35. The number of carbonyl (C=O) groups excluding carboxylic acids is 2. The molecule has 14 heteroatoms. The van der Waals surface area contributed by atoms with Gasteiger partial charge in [-0.25, -0.2) is 9.37 Å². The number of methoxy groups -OCH3 is 1. The number of carbonyl (C=O) groups is 2. The molecule has 6 heterocycles. The summed E-state index contributed by atoms with van der Waals surface area (Å²) in [5, 5.41) is 8.29. The highest BCUT2D eigenvalue weighted by molar-refractivity contribution is 6.05. The second kappa shape index (κ2) is 13.8. The number of aromatic amines is 1. The van der Waals surface area contributed by atoms with E-state index in [1.54, 1.807) is 64.7 Å². The van der Waals surface area contributed by atoms with Crippen molar-refractivity contribution in [3.8, 4) is 22.6 Å². The van der Waals surface area contributed by atoms with E-state index in [-0.39, 0.29) is 37.8 Å². The van der Waals surface area contributed by atoms with Crippen molar-refractivity contribution in [2.24, 2.45) is 0 Å². The molecule has 1 N–H and O–H groups in total. The number of benzene rings is 1. The number of H-pyrrole nitrogens is 1. The van der Waals surface area contributed by atoms with Gasteiger partial charge in [0.15, 0.2) is 17.4 Å². The number of aromatic nitrogens is 6. The molecule has 2 aliphatic heterocycles. The van der Waals surface area contributed by atoms with Crippen LogP contribution in [0.15, 0.2) is 67.4 Å². The maximum atomic E-state index is 16.7. The Morgan fingerprint density at radius 3 is 2.65 bits per heavy atom. The number of hydrogen-bond donors (Lipinski definition) is 1. The first kappa shape index (κ1) is 32.4. The normalized spacial score (nSPS) is 16.4. The van der Waals surface area contributed by atoms with Crippen LogP contribution in [0.25, 0.3) is 27.6 Å². The van der Waals surface area contributed by atoms with Gasteiger partial charge in [0, 0.05) is 82.2 Å². The Balaban J connectivity index is 0.00000420. The summed E-state index contributed by atoms with van der Waals surface area (Å²) in [6, 6.07) is 9.15. The van der Waals surface area contributed by atoms with Crippen molar-refractivity contribution in [1.82, 2.24) is 39.7 Å². The van der Waals surface area contributed by atoms with Gasteiger partial charge in [0.25, 0.3) is 5.91 Å². The van der Waals surface area contributed by atoms with Gasteiger partial charge in [0.05, 0.1) is 37.7 Å². The molecule has 2 fully saturated rings. The number of hydrogen-bond acceptors (Lipinski definition) is 9. The summed E-state index contributed by atoms with van der Waals surface area (Å²) in [6.45, 7) is 3.33. The third-order valence-corrected chi connectivity index (χ3v) is 9.69. The van der Waals surface area contributed by atoms with Crippen LogP contribution in [0.1, 0.15) is 43.2 Å². The number of ether oxygens (including phenoxy) is 2. The van der Waals surface area contributed by atoms with E-state index in [0.29, 0.717) is 84.8 Å².